The minimum Gasteiger partial charge on any atom is -0.293 e. The highest BCUT2D eigenvalue weighted by Crippen LogP contribution is 2.16. The number of rotatable bonds is 3. The van der Waals surface area contributed by atoms with Crippen LogP contribution in [0.2, 0.25) is 0 Å². The summed E-state index contributed by atoms with van der Waals surface area (Å²) >= 11 is 6.34. The third-order valence-corrected chi connectivity index (χ3v) is 2.88. The summed E-state index contributed by atoms with van der Waals surface area (Å²) in [6, 6.07) is 4.63. The van der Waals surface area contributed by atoms with Gasteiger partial charge in [-0.3, -0.25) is 4.79 Å². The zero-order valence-electron chi connectivity index (χ0n) is 7.56. The van der Waals surface area contributed by atoms with Crippen LogP contribution in [-0.4, -0.2) is 10.6 Å². The molecule has 1 aromatic rings. The quantitative estimate of drug-likeness (QED) is 0.612. The fraction of sp³-hybridized carbons (Fsp3) is 0.300. The molecule has 0 fully saturated rings. The molecule has 14 heavy (non-hydrogen) atoms. The van der Waals surface area contributed by atoms with Crippen molar-refractivity contribution in [3.05, 3.63) is 35.1 Å². The topological polar surface area (TPSA) is 17.1 Å². The van der Waals surface area contributed by atoms with Crippen molar-refractivity contribution >= 4 is 37.6 Å². The number of Topliss-reactive ketones (excluding diaryl/α,β-unsaturated/α-hetero) is 1. The number of ketones is 1. The largest absolute Gasteiger partial charge is 0.293 e. The average molecular weight is 324 g/mol. The number of carbonyl (C=O) groups is 1. The molecule has 0 aliphatic heterocycles. The van der Waals surface area contributed by atoms with Gasteiger partial charge in [0, 0.05) is 5.33 Å². The van der Waals surface area contributed by atoms with Gasteiger partial charge in [-0.2, -0.15) is 0 Å². The molecule has 0 aromatic heterocycles. The Kier molecular flexibility index (Phi) is 4.26. The first-order valence-corrected chi connectivity index (χ1v) is 6.12. The van der Waals surface area contributed by atoms with Crippen LogP contribution < -0.4 is 0 Å². The van der Waals surface area contributed by atoms with E-state index in [9.17, 15) is 9.18 Å². The van der Waals surface area contributed by atoms with Crippen LogP contribution in [0.25, 0.3) is 0 Å². The minimum atomic E-state index is -0.460. The van der Waals surface area contributed by atoms with Crippen LogP contribution in [0.1, 0.15) is 22.8 Å². The van der Waals surface area contributed by atoms with Gasteiger partial charge in [-0.25, -0.2) is 4.39 Å². The molecule has 0 radical (unpaired) electrons. The lowest BCUT2D eigenvalue weighted by atomic mass is 10.1. The van der Waals surface area contributed by atoms with Gasteiger partial charge in [0.1, 0.15) is 5.82 Å². The number of halogens is 3. The highest BCUT2D eigenvalue weighted by molar-refractivity contribution is 9.10. The summed E-state index contributed by atoms with van der Waals surface area (Å²) in [5, 5.41) is 0.586. The Labute approximate surface area is 99.0 Å². The van der Waals surface area contributed by atoms with Crippen molar-refractivity contribution in [1.29, 1.82) is 0 Å². The van der Waals surface area contributed by atoms with Crippen molar-refractivity contribution in [3.8, 4) is 0 Å². The van der Waals surface area contributed by atoms with E-state index in [0.717, 1.165) is 5.56 Å². The molecule has 0 amide bonds. The van der Waals surface area contributed by atoms with Crippen molar-refractivity contribution in [2.45, 2.75) is 17.1 Å². The van der Waals surface area contributed by atoms with Gasteiger partial charge < -0.3 is 0 Å². The molecule has 0 N–H and O–H groups in total. The van der Waals surface area contributed by atoms with E-state index in [1.54, 1.807) is 13.0 Å². The second-order valence-electron chi connectivity index (χ2n) is 2.93. The summed E-state index contributed by atoms with van der Waals surface area (Å²) in [4.78, 5) is 11.1. The predicted molar refractivity (Wildman–Crippen MR) is 61.8 cm³/mol. The van der Waals surface area contributed by atoms with Gasteiger partial charge in [0.15, 0.2) is 5.78 Å². The monoisotopic (exact) mass is 322 g/mol. The molecule has 0 bridgehead atoms. The predicted octanol–water partition coefficient (Wildman–Crippen LogP) is 3.69. The van der Waals surface area contributed by atoms with E-state index < -0.39 is 5.82 Å². The maximum Gasteiger partial charge on any atom is 0.179 e. The summed E-state index contributed by atoms with van der Waals surface area (Å²) < 4.78 is 13.4. The Morgan fingerprint density at radius 2 is 2.21 bits per heavy atom. The number of hydrogen-bond acceptors (Lipinski definition) is 1. The molecule has 76 valence electrons. The highest BCUT2D eigenvalue weighted by atomic mass is 79.9. The van der Waals surface area contributed by atoms with Gasteiger partial charge >= 0.3 is 0 Å². The van der Waals surface area contributed by atoms with E-state index in [0.29, 0.717) is 5.33 Å². The van der Waals surface area contributed by atoms with E-state index in [2.05, 4.69) is 31.9 Å². The molecule has 1 atom stereocenters. The SMILES string of the molecule is CC(Br)C(=O)c1ccc(CBr)cc1F. The van der Waals surface area contributed by atoms with E-state index in [-0.39, 0.29) is 16.2 Å². The van der Waals surface area contributed by atoms with Crippen LogP contribution in [0.5, 0.6) is 0 Å². The van der Waals surface area contributed by atoms with Crippen molar-refractivity contribution < 1.29 is 9.18 Å². The Morgan fingerprint density at radius 1 is 1.57 bits per heavy atom. The zero-order valence-corrected chi connectivity index (χ0v) is 10.7. The first-order valence-electron chi connectivity index (χ1n) is 4.09. The lowest BCUT2D eigenvalue weighted by Crippen LogP contribution is -2.12. The standard InChI is InChI=1S/C10H9Br2FO/c1-6(12)10(14)8-3-2-7(5-11)4-9(8)13/h2-4,6H,5H2,1H3. The smallest absolute Gasteiger partial charge is 0.179 e. The summed E-state index contributed by atoms with van der Waals surface area (Å²) in [7, 11) is 0. The third kappa shape index (κ3) is 2.64. The Morgan fingerprint density at radius 3 is 2.64 bits per heavy atom. The van der Waals surface area contributed by atoms with Gasteiger partial charge in [-0.05, 0) is 24.6 Å². The van der Waals surface area contributed by atoms with Crippen molar-refractivity contribution in [3.63, 3.8) is 0 Å². The van der Waals surface area contributed by atoms with Crippen molar-refractivity contribution in [2.75, 3.05) is 0 Å². The number of benzene rings is 1. The Bertz CT molecular complexity index is 350. The molecule has 0 saturated heterocycles. The van der Waals surface area contributed by atoms with Crippen LogP contribution >= 0.6 is 31.9 Å². The first kappa shape index (κ1) is 11.9. The van der Waals surface area contributed by atoms with Gasteiger partial charge in [0.25, 0.3) is 0 Å². The third-order valence-electron chi connectivity index (χ3n) is 1.81. The fourth-order valence-electron chi connectivity index (χ4n) is 1.06. The molecule has 4 heteroatoms. The molecule has 0 aliphatic carbocycles. The molecule has 1 unspecified atom stereocenters. The first-order chi connectivity index (χ1) is 6.56. The molecule has 0 saturated carbocycles. The lowest BCUT2D eigenvalue weighted by Gasteiger charge is -2.05. The molecule has 1 aromatic carbocycles. The van der Waals surface area contributed by atoms with Crippen LogP contribution in [0.3, 0.4) is 0 Å². The lowest BCUT2D eigenvalue weighted by molar-refractivity contribution is 0.0992. The van der Waals surface area contributed by atoms with Crippen molar-refractivity contribution in [1.82, 2.24) is 0 Å². The van der Waals surface area contributed by atoms with Gasteiger partial charge in [-0.15, -0.1) is 0 Å². The van der Waals surface area contributed by atoms with Crippen LogP contribution in [0, 0.1) is 5.82 Å². The Balaban J connectivity index is 3.06. The summed E-state index contributed by atoms with van der Waals surface area (Å²) in [5.74, 6) is -0.693. The summed E-state index contributed by atoms with van der Waals surface area (Å²) in [5.41, 5.74) is 0.959. The maximum absolute atomic E-state index is 13.4. The van der Waals surface area contributed by atoms with Gasteiger partial charge in [-0.1, -0.05) is 37.9 Å². The van der Waals surface area contributed by atoms with Crippen LogP contribution in [0.4, 0.5) is 4.39 Å². The highest BCUT2D eigenvalue weighted by Gasteiger charge is 2.16. The summed E-state index contributed by atoms with van der Waals surface area (Å²) in [6.45, 7) is 1.68. The maximum atomic E-state index is 13.4. The van der Waals surface area contributed by atoms with Crippen molar-refractivity contribution in [2.24, 2.45) is 0 Å². The molecule has 0 spiro atoms. The molecule has 1 rings (SSSR count). The second-order valence-corrected chi connectivity index (χ2v) is 4.86. The van der Waals surface area contributed by atoms with E-state index in [1.165, 1.54) is 12.1 Å². The average Bonchev–Trinajstić information content (AvgIpc) is 2.16. The number of hydrogen-bond donors (Lipinski definition) is 0. The molecule has 1 nitrogen and oxygen atoms in total. The molecule has 0 heterocycles. The van der Waals surface area contributed by atoms with Crippen LogP contribution in [0.15, 0.2) is 18.2 Å². The van der Waals surface area contributed by atoms with Gasteiger partial charge in [0.2, 0.25) is 0 Å². The molecular formula is C10H9Br2FO. The molecule has 0 aliphatic rings. The van der Waals surface area contributed by atoms with E-state index >= 15 is 0 Å². The van der Waals surface area contributed by atoms with Crippen LogP contribution in [-0.2, 0) is 5.33 Å². The van der Waals surface area contributed by atoms with E-state index in [1.807, 2.05) is 0 Å². The zero-order chi connectivity index (χ0) is 10.7. The fourth-order valence-corrected chi connectivity index (χ4v) is 1.65. The van der Waals surface area contributed by atoms with E-state index in [4.69, 9.17) is 0 Å². The minimum absolute atomic E-state index is 0.138. The molecular weight excluding hydrogens is 315 g/mol. The number of alkyl halides is 2. The van der Waals surface area contributed by atoms with Gasteiger partial charge in [0.05, 0.1) is 10.4 Å². The Hall–Kier alpha value is -0.220. The number of carbonyl (C=O) groups excluding carboxylic acids is 1. The summed E-state index contributed by atoms with van der Waals surface area (Å²) in [6.07, 6.45) is 0. The normalized spacial score (nSPS) is 12.6. The second kappa shape index (κ2) is 5.03.